The number of ether oxygens (including phenoxy) is 2. The Labute approximate surface area is 275 Å². The molecule has 3 amide bonds. The van der Waals surface area contributed by atoms with Gasteiger partial charge in [0, 0.05) is 42.5 Å². The van der Waals surface area contributed by atoms with Gasteiger partial charge < -0.3 is 40.5 Å². The number of nitrogens with one attached hydrogen (secondary N) is 4. The SMILES string of the molecule is CNC(C)C(=O)NC(C(=O)N1CCCC1C(=O)Nc1cc2c(Nc3ccc(N4CCOCC4)cc3)ncnc2cc1OC)C(C)(C)C. The molecule has 13 nitrogen and oxygen atoms in total. The van der Waals surface area contributed by atoms with Crippen molar-refractivity contribution in [1.29, 1.82) is 0 Å². The Hall–Kier alpha value is -4.49. The molecule has 252 valence electrons. The van der Waals surface area contributed by atoms with Crippen molar-refractivity contribution in [2.45, 2.75) is 58.7 Å². The zero-order valence-corrected chi connectivity index (χ0v) is 28.1. The van der Waals surface area contributed by atoms with Crippen molar-refractivity contribution in [3.63, 3.8) is 0 Å². The van der Waals surface area contributed by atoms with Crippen LogP contribution in [0.15, 0.2) is 42.7 Å². The van der Waals surface area contributed by atoms with Crippen LogP contribution in [0.25, 0.3) is 10.9 Å². The van der Waals surface area contributed by atoms with Crippen LogP contribution >= 0.6 is 0 Å². The van der Waals surface area contributed by atoms with E-state index in [0.29, 0.717) is 47.5 Å². The van der Waals surface area contributed by atoms with Gasteiger partial charge in [0.2, 0.25) is 17.7 Å². The van der Waals surface area contributed by atoms with Gasteiger partial charge in [-0.05, 0) is 62.6 Å². The molecule has 5 rings (SSSR count). The second-order valence-corrected chi connectivity index (χ2v) is 13.1. The smallest absolute Gasteiger partial charge is 0.247 e. The highest BCUT2D eigenvalue weighted by Crippen LogP contribution is 2.34. The van der Waals surface area contributed by atoms with Gasteiger partial charge in [0.05, 0.1) is 37.6 Å². The van der Waals surface area contributed by atoms with E-state index in [2.05, 4.69) is 48.3 Å². The average molecular weight is 647 g/mol. The summed E-state index contributed by atoms with van der Waals surface area (Å²) in [7, 11) is 3.22. The molecule has 1 aromatic heterocycles. The van der Waals surface area contributed by atoms with Gasteiger partial charge in [-0.15, -0.1) is 0 Å². The van der Waals surface area contributed by atoms with Crippen molar-refractivity contribution < 1.29 is 23.9 Å². The Morgan fingerprint density at radius 2 is 1.77 bits per heavy atom. The second-order valence-electron chi connectivity index (χ2n) is 13.1. The van der Waals surface area contributed by atoms with Crippen LogP contribution in [0.3, 0.4) is 0 Å². The van der Waals surface area contributed by atoms with Gasteiger partial charge in [0.25, 0.3) is 0 Å². The molecule has 13 heteroatoms. The predicted molar refractivity (Wildman–Crippen MR) is 182 cm³/mol. The number of hydrogen-bond donors (Lipinski definition) is 4. The summed E-state index contributed by atoms with van der Waals surface area (Å²) in [5, 5.41) is 12.9. The molecule has 0 bridgehead atoms. The fourth-order valence-electron chi connectivity index (χ4n) is 5.90. The highest BCUT2D eigenvalue weighted by Gasteiger charge is 2.42. The van der Waals surface area contributed by atoms with E-state index < -0.39 is 23.5 Å². The van der Waals surface area contributed by atoms with Gasteiger partial charge in [0.1, 0.15) is 30.0 Å². The number of fused-ring (bicyclic) bond motifs is 1. The van der Waals surface area contributed by atoms with Crippen molar-refractivity contribution in [2.75, 3.05) is 62.5 Å². The number of benzene rings is 2. The summed E-state index contributed by atoms with van der Waals surface area (Å²) in [5.41, 5.74) is 2.49. The van der Waals surface area contributed by atoms with Crippen LogP contribution < -0.4 is 30.9 Å². The molecule has 2 saturated heterocycles. The fraction of sp³-hybridized carbons (Fsp3) is 0.500. The third-order valence-corrected chi connectivity index (χ3v) is 8.79. The van der Waals surface area contributed by atoms with Crippen LogP contribution in [-0.2, 0) is 19.1 Å². The van der Waals surface area contributed by atoms with E-state index in [1.54, 1.807) is 31.0 Å². The number of rotatable bonds is 10. The number of aromatic nitrogens is 2. The van der Waals surface area contributed by atoms with Gasteiger partial charge in [-0.3, -0.25) is 14.4 Å². The molecule has 47 heavy (non-hydrogen) atoms. The number of morpholine rings is 1. The molecule has 3 heterocycles. The first-order valence-electron chi connectivity index (χ1n) is 16.1. The summed E-state index contributed by atoms with van der Waals surface area (Å²) in [4.78, 5) is 53.2. The summed E-state index contributed by atoms with van der Waals surface area (Å²) >= 11 is 0. The Balaban J connectivity index is 1.36. The molecule has 2 aliphatic heterocycles. The summed E-state index contributed by atoms with van der Waals surface area (Å²) in [6.45, 7) is 11.0. The average Bonchev–Trinajstić information content (AvgIpc) is 3.57. The fourth-order valence-corrected chi connectivity index (χ4v) is 5.90. The normalized spacial score (nSPS) is 18.0. The molecule has 2 aromatic carbocycles. The maximum atomic E-state index is 13.9. The number of likely N-dealkylation sites (N-methyl/N-ethyl adjacent to an activating group) is 1. The third kappa shape index (κ3) is 7.74. The van der Waals surface area contributed by atoms with Crippen molar-refractivity contribution in [1.82, 2.24) is 25.5 Å². The lowest BCUT2D eigenvalue weighted by atomic mass is 9.85. The van der Waals surface area contributed by atoms with Crippen molar-refractivity contribution in [2.24, 2.45) is 5.41 Å². The summed E-state index contributed by atoms with van der Waals surface area (Å²) in [5.74, 6) is 0.117. The van der Waals surface area contributed by atoms with Gasteiger partial charge in [-0.1, -0.05) is 20.8 Å². The Bertz CT molecular complexity index is 1590. The van der Waals surface area contributed by atoms with E-state index in [0.717, 1.165) is 37.7 Å². The molecular weight excluding hydrogens is 600 g/mol. The minimum atomic E-state index is -0.803. The first kappa shape index (κ1) is 33.9. The highest BCUT2D eigenvalue weighted by atomic mass is 16.5. The molecule has 4 N–H and O–H groups in total. The van der Waals surface area contributed by atoms with E-state index in [1.807, 2.05) is 32.9 Å². The first-order chi connectivity index (χ1) is 22.5. The third-order valence-electron chi connectivity index (χ3n) is 8.79. The molecular formula is C34H46N8O5. The number of nitrogens with zero attached hydrogens (tertiary/aromatic N) is 4. The Morgan fingerprint density at radius 3 is 2.43 bits per heavy atom. The lowest BCUT2D eigenvalue weighted by Crippen LogP contribution is -2.59. The van der Waals surface area contributed by atoms with E-state index in [9.17, 15) is 14.4 Å². The largest absolute Gasteiger partial charge is 0.494 e. The van der Waals surface area contributed by atoms with Crippen LogP contribution in [-0.4, -0.2) is 97.7 Å². The molecule has 3 atom stereocenters. The minimum Gasteiger partial charge on any atom is -0.494 e. The second kappa shape index (κ2) is 14.5. The number of carbonyl (C=O) groups excluding carboxylic acids is 3. The lowest BCUT2D eigenvalue weighted by molar-refractivity contribution is -0.143. The van der Waals surface area contributed by atoms with Crippen LogP contribution in [0.5, 0.6) is 5.75 Å². The van der Waals surface area contributed by atoms with E-state index in [-0.39, 0.29) is 17.7 Å². The molecule has 2 aliphatic rings. The van der Waals surface area contributed by atoms with Crippen LogP contribution in [0.4, 0.5) is 22.9 Å². The number of carbonyl (C=O) groups is 3. The molecule has 3 unspecified atom stereocenters. The molecule has 0 aliphatic carbocycles. The number of anilines is 4. The lowest BCUT2D eigenvalue weighted by Gasteiger charge is -2.36. The predicted octanol–water partition coefficient (Wildman–Crippen LogP) is 3.29. The van der Waals surface area contributed by atoms with Crippen LogP contribution in [0, 0.1) is 5.41 Å². The molecule has 0 spiro atoms. The maximum absolute atomic E-state index is 13.9. The number of likely N-dealkylation sites (tertiary alicyclic amines) is 1. The molecule has 0 saturated carbocycles. The number of methoxy groups -OCH3 is 1. The van der Waals surface area contributed by atoms with Crippen molar-refractivity contribution in [3.05, 3.63) is 42.7 Å². The number of amides is 3. The van der Waals surface area contributed by atoms with Gasteiger partial charge in [0.15, 0.2) is 0 Å². The van der Waals surface area contributed by atoms with Gasteiger partial charge in [-0.25, -0.2) is 9.97 Å². The Kier molecular flexibility index (Phi) is 10.5. The topological polar surface area (TPSA) is 150 Å². The minimum absolute atomic E-state index is 0.276. The zero-order chi connectivity index (χ0) is 33.7. The van der Waals surface area contributed by atoms with Crippen LogP contribution in [0.1, 0.15) is 40.5 Å². The van der Waals surface area contributed by atoms with E-state index in [4.69, 9.17) is 9.47 Å². The van der Waals surface area contributed by atoms with Crippen molar-refractivity contribution in [3.8, 4) is 5.75 Å². The molecule has 2 fully saturated rings. The first-order valence-corrected chi connectivity index (χ1v) is 16.1. The summed E-state index contributed by atoms with van der Waals surface area (Å²) < 4.78 is 11.1. The van der Waals surface area contributed by atoms with Crippen LogP contribution in [0.2, 0.25) is 0 Å². The summed E-state index contributed by atoms with van der Waals surface area (Å²) in [6, 6.07) is 9.70. The zero-order valence-electron chi connectivity index (χ0n) is 28.1. The van der Waals surface area contributed by atoms with Gasteiger partial charge >= 0.3 is 0 Å². The maximum Gasteiger partial charge on any atom is 0.247 e. The standard InChI is InChI=1S/C34H46N8O5/c1-21(35-5)31(43)40-29(34(2,3)4)33(45)42-13-7-8-27(42)32(44)39-26-18-24-25(19-28(26)46-6)36-20-37-30(24)38-22-9-11-23(12-10-22)41-14-16-47-17-15-41/h9-12,18-21,27,29,35H,7-8,13-17H2,1-6H3,(H,39,44)(H,40,43)(H,36,37,38). The molecule has 0 radical (unpaired) electrons. The summed E-state index contributed by atoms with van der Waals surface area (Å²) in [6.07, 6.45) is 2.65. The quantitative estimate of drug-likeness (QED) is 0.259. The van der Waals surface area contributed by atoms with Crippen molar-refractivity contribution >= 4 is 51.5 Å². The van der Waals surface area contributed by atoms with E-state index in [1.165, 1.54) is 13.4 Å². The van der Waals surface area contributed by atoms with Gasteiger partial charge in [-0.2, -0.15) is 0 Å². The molecule has 3 aromatic rings. The monoisotopic (exact) mass is 646 g/mol. The number of hydrogen-bond acceptors (Lipinski definition) is 10. The van der Waals surface area contributed by atoms with E-state index >= 15 is 0 Å². The Morgan fingerprint density at radius 1 is 1.04 bits per heavy atom. The highest BCUT2D eigenvalue weighted by molar-refractivity contribution is 6.03.